The second-order valence-electron chi connectivity index (χ2n) is 5.46. The van der Waals surface area contributed by atoms with Crippen LogP contribution in [0.2, 0.25) is 0 Å². The molecule has 0 N–H and O–H groups in total. The monoisotopic (exact) mass is 274 g/mol. The van der Waals surface area contributed by atoms with E-state index in [0.29, 0.717) is 0 Å². The van der Waals surface area contributed by atoms with E-state index in [4.69, 9.17) is 4.98 Å². The molecule has 0 bridgehead atoms. The molecular formula is C14H18N4S. The van der Waals surface area contributed by atoms with Gasteiger partial charge in [0, 0.05) is 20.1 Å². The number of hydrogen-bond donors (Lipinski definition) is 0. The second-order valence-corrected chi connectivity index (χ2v) is 6.44. The van der Waals surface area contributed by atoms with E-state index in [-0.39, 0.29) is 0 Å². The summed E-state index contributed by atoms with van der Waals surface area (Å²) in [7, 11) is 2.04. The van der Waals surface area contributed by atoms with Crippen LogP contribution in [0.25, 0.3) is 10.6 Å². The molecule has 100 valence electrons. The highest BCUT2D eigenvalue weighted by atomic mass is 32.1. The first-order valence-electron chi connectivity index (χ1n) is 7.09. The third kappa shape index (κ3) is 1.79. The normalized spacial score (nSPS) is 18.3. The van der Waals surface area contributed by atoms with Gasteiger partial charge >= 0.3 is 0 Å². The molecule has 19 heavy (non-hydrogen) atoms. The maximum Gasteiger partial charge on any atom is 0.186 e. The van der Waals surface area contributed by atoms with Crippen molar-refractivity contribution in [2.75, 3.05) is 18.0 Å². The van der Waals surface area contributed by atoms with Gasteiger partial charge in [0.1, 0.15) is 0 Å². The van der Waals surface area contributed by atoms with Crippen molar-refractivity contribution in [3.05, 3.63) is 17.5 Å². The molecule has 5 heteroatoms. The summed E-state index contributed by atoms with van der Waals surface area (Å²) in [6, 6.07) is 0. The molecule has 1 saturated heterocycles. The van der Waals surface area contributed by atoms with Crippen LogP contribution in [-0.4, -0.2) is 27.9 Å². The Morgan fingerprint density at radius 2 is 2.00 bits per heavy atom. The largest absolute Gasteiger partial charge is 0.348 e. The minimum absolute atomic E-state index is 1.11. The van der Waals surface area contributed by atoms with Gasteiger partial charge in [0.2, 0.25) is 0 Å². The minimum Gasteiger partial charge on any atom is -0.348 e. The summed E-state index contributed by atoms with van der Waals surface area (Å²) in [5.41, 5.74) is 3.97. The van der Waals surface area contributed by atoms with Crippen molar-refractivity contribution < 1.29 is 0 Å². The SMILES string of the molecule is Cn1ncc2c1-c1sc(N3CCCC3)nc1CCC2. The molecule has 0 spiro atoms. The first kappa shape index (κ1) is 11.5. The number of fused-ring (bicyclic) bond motifs is 3. The summed E-state index contributed by atoms with van der Waals surface area (Å²) >= 11 is 1.86. The van der Waals surface area contributed by atoms with Crippen molar-refractivity contribution >= 4 is 16.5 Å². The van der Waals surface area contributed by atoms with E-state index in [9.17, 15) is 0 Å². The fourth-order valence-corrected chi connectivity index (χ4v) is 4.42. The van der Waals surface area contributed by atoms with Crippen LogP contribution in [-0.2, 0) is 19.9 Å². The van der Waals surface area contributed by atoms with Crippen LogP contribution < -0.4 is 4.90 Å². The molecule has 2 aromatic heterocycles. The third-order valence-corrected chi connectivity index (χ3v) is 5.32. The molecule has 4 rings (SSSR count). The average molecular weight is 274 g/mol. The second kappa shape index (κ2) is 4.34. The maximum atomic E-state index is 4.92. The topological polar surface area (TPSA) is 34.0 Å². The molecule has 1 aliphatic carbocycles. The van der Waals surface area contributed by atoms with E-state index in [1.54, 1.807) is 0 Å². The van der Waals surface area contributed by atoms with E-state index in [1.807, 2.05) is 29.3 Å². The van der Waals surface area contributed by atoms with Gasteiger partial charge in [-0.2, -0.15) is 5.10 Å². The number of aromatic nitrogens is 3. The Balaban J connectivity index is 1.82. The number of hydrogen-bond acceptors (Lipinski definition) is 4. The van der Waals surface area contributed by atoms with E-state index >= 15 is 0 Å². The number of thiazole rings is 1. The Hall–Kier alpha value is -1.36. The van der Waals surface area contributed by atoms with Crippen molar-refractivity contribution in [1.29, 1.82) is 0 Å². The van der Waals surface area contributed by atoms with Gasteiger partial charge in [-0.3, -0.25) is 4.68 Å². The number of aryl methyl sites for hydroxylation is 3. The van der Waals surface area contributed by atoms with Crippen molar-refractivity contribution in [3.8, 4) is 10.6 Å². The van der Waals surface area contributed by atoms with Crippen molar-refractivity contribution in [2.24, 2.45) is 7.05 Å². The zero-order valence-corrected chi connectivity index (χ0v) is 12.0. The molecule has 3 heterocycles. The Morgan fingerprint density at radius 3 is 2.84 bits per heavy atom. The third-order valence-electron chi connectivity index (χ3n) is 4.15. The zero-order valence-electron chi connectivity index (χ0n) is 11.2. The lowest BCUT2D eigenvalue weighted by molar-refractivity contribution is 0.775. The van der Waals surface area contributed by atoms with Crippen LogP contribution in [0.3, 0.4) is 0 Å². The standard InChI is InChI=1S/C14H18N4S/c1-17-12-10(9-15-17)5-4-6-11-13(12)19-14(16-11)18-7-2-3-8-18/h9H,2-8H2,1H3. The van der Waals surface area contributed by atoms with Crippen LogP contribution in [0.1, 0.15) is 30.5 Å². The zero-order chi connectivity index (χ0) is 12.8. The van der Waals surface area contributed by atoms with Gasteiger partial charge in [-0.1, -0.05) is 11.3 Å². The van der Waals surface area contributed by atoms with E-state index in [0.717, 1.165) is 12.8 Å². The molecular weight excluding hydrogens is 256 g/mol. The number of rotatable bonds is 1. The number of anilines is 1. The van der Waals surface area contributed by atoms with Crippen molar-refractivity contribution in [3.63, 3.8) is 0 Å². The van der Waals surface area contributed by atoms with Gasteiger partial charge in [0.15, 0.2) is 5.13 Å². The van der Waals surface area contributed by atoms with Crippen LogP contribution in [0.15, 0.2) is 6.20 Å². The fourth-order valence-electron chi connectivity index (χ4n) is 3.14. The summed E-state index contributed by atoms with van der Waals surface area (Å²) in [4.78, 5) is 8.71. The molecule has 1 fully saturated rings. The Morgan fingerprint density at radius 1 is 1.16 bits per heavy atom. The smallest absolute Gasteiger partial charge is 0.186 e. The van der Waals surface area contributed by atoms with Gasteiger partial charge in [0.05, 0.1) is 22.5 Å². The molecule has 4 nitrogen and oxygen atoms in total. The fraction of sp³-hybridized carbons (Fsp3) is 0.571. The van der Waals surface area contributed by atoms with Gasteiger partial charge in [0.25, 0.3) is 0 Å². The number of nitrogens with zero attached hydrogens (tertiary/aromatic N) is 4. The first-order valence-corrected chi connectivity index (χ1v) is 7.90. The highest BCUT2D eigenvalue weighted by molar-refractivity contribution is 7.19. The predicted molar refractivity (Wildman–Crippen MR) is 77.8 cm³/mol. The predicted octanol–water partition coefficient (Wildman–Crippen LogP) is 2.63. The maximum absolute atomic E-state index is 4.92. The Bertz CT molecular complexity index is 607. The lowest BCUT2D eigenvalue weighted by Gasteiger charge is -2.12. The van der Waals surface area contributed by atoms with Gasteiger partial charge in [-0.05, 0) is 37.7 Å². The lowest BCUT2D eigenvalue weighted by Crippen LogP contribution is -2.17. The quantitative estimate of drug-likeness (QED) is 0.801. The first-order chi connectivity index (χ1) is 9.33. The molecule has 2 aliphatic rings. The average Bonchev–Trinajstić information content (AvgIpc) is 3.09. The van der Waals surface area contributed by atoms with E-state index in [1.165, 1.54) is 59.3 Å². The van der Waals surface area contributed by atoms with E-state index in [2.05, 4.69) is 10.00 Å². The van der Waals surface area contributed by atoms with Crippen LogP contribution in [0.4, 0.5) is 5.13 Å². The lowest BCUT2D eigenvalue weighted by atomic mass is 10.1. The molecule has 0 radical (unpaired) electrons. The summed E-state index contributed by atoms with van der Waals surface area (Å²) in [5.74, 6) is 0. The highest BCUT2D eigenvalue weighted by Crippen LogP contribution is 2.40. The molecule has 0 aromatic carbocycles. The highest BCUT2D eigenvalue weighted by Gasteiger charge is 2.25. The molecule has 0 amide bonds. The van der Waals surface area contributed by atoms with Crippen LogP contribution in [0, 0.1) is 0 Å². The summed E-state index contributed by atoms with van der Waals surface area (Å²) in [6.07, 6.45) is 8.07. The molecule has 0 saturated carbocycles. The Kier molecular flexibility index (Phi) is 2.62. The minimum atomic E-state index is 1.11. The van der Waals surface area contributed by atoms with Gasteiger partial charge in [-0.15, -0.1) is 0 Å². The molecule has 0 unspecified atom stereocenters. The summed E-state index contributed by atoms with van der Waals surface area (Å²) in [6.45, 7) is 2.34. The summed E-state index contributed by atoms with van der Waals surface area (Å²) in [5, 5.41) is 5.65. The Labute approximate surface area is 117 Å². The van der Waals surface area contributed by atoms with Crippen molar-refractivity contribution in [1.82, 2.24) is 14.8 Å². The summed E-state index contributed by atoms with van der Waals surface area (Å²) < 4.78 is 2.02. The molecule has 1 aliphatic heterocycles. The van der Waals surface area contributed by atoms with Gasteiger partial charge < -0.3 is 4.90 Å². The van der Waals surface area contributed by atoms with Crippen molar-refractivity contribution in [2.45, 2.75) is 32.1 Å². The molecule has 0 atom stereocenters. The van der Waals surface area contributed by atoms with E-state index < -0.39 is 0 Å². The van der Waals surface area contributed by atoms with Crippen LogP contribution in [0.5, 0.6) is 0 Å². The van der Waals surface area contributed by atoms with Gasteiger partial charge in [-0.25, -0.2) is 4.98 Å². The van der Waals surface area contributed by atoms with Crippen LogP contribution >= 0.6 is 11.3 Å². The molecule has 2 aromatic rings.